The summed E-state index contributed by atoms with van der Waals surface area (Å²) < 4.78 is 5.75. The van der Waals surface area contributed by atoms with E-state index in [1.807, 2.05) is 12.1 Å². The number of nitrogens with zero attached hydrogens (tertiary/aromatic N) is 1. The summed E-state index contributed by atoms with van der Waals surface area (Å²) in [5.74, 6) is 0.677. The largest absolute Gasteiger partial charge is 0.367 e. The summed E-state index contributed by atoms with van der Waals surface area (Å²) in [4.78, 5) is 0.990. The molecule has 0 aliphatic rings. The zero-order valence-corrected chi connectivity index (χ0v) is 10.0. The molecule has 2 rings (SSSR count). The Bertz CT molecular complexity index is 475. The van der Waals surface area contributed by atoms with Crippen molar-refractivity contribution < 1.29 is 4.52 Å². The third-order valence-corrected chi connectivity index (χ3v) is 3.38. The number of nitrogen functional groups attached to an aromatic ring is 1. The lowest BCUT2D eigenvalue weighted by atomic mass is 10.0. The zero-order chi connectivity index (χ0) is 11.0. The zero-order valence-electron chi connectivity index (χ0n) is 8.45. The summed E-state index contributed by atoms with van der Waals surface area (Å²) in [7, 11) is 0. The molecule has 0 saturated carbocycles. The normalized spacial score (nSPS) is 11.2. The van der Waals surface area contributed by atoms with E-state index in [1.54, 1.807) is 0 Å². The summed E-state index contributed by atoms with van der Waals surface area (Å²) in [5.41, 5.74) is 7.49. The van der Waals surface area contributed by atoms with E-state index in [0.717, 1.165) is 20.5 Å². The van der Waals surface area contributed by atoms with Crippen LogP contribution in [0.25, 0.3) is 10.6 Å². The van der Waals surface area contributed by atoms with Crippen LogP contribution in [0.3, 0.4) is 0 Å². The van der Waals surface area contributed by atoms with Gasteiger partial charge >= 0.3 is 0 Å². The van der Waals surface area contributed by atoms with Crippen LogP contribution in [-0.4, -0.2) is 5.16 Å². The van der Waals surface area contributed by atoms with Crippen molar-refractivity contribution in [3.8, 4) is 10.6 Å². The Morgan fingerprint density at radius 2 is 2.20 bits per heavy atom. The molecule has 0 amide bonds. The fourth-order valence-corrected chi connectivity index (χ4v) is 2.53. The van der Waals surface area contributed by atoms with Gasteiger partial charge in [0.05, 0.1) is 9.21 Å². The van der Waals surface area contributed by atoms with E-state index in [2.05, 4.69) is 19.0 Å². The first kappa shape index (κ1) is 10.5. The highest BCUT2D eigenvalue weighted by Crippen LogP contribution is 2.37. The molecule has 0 aliphatic carbocycles. The second-order valence-electron chi connectivity index (χ2n) is 3.57. The number of rotatable bonds is 2. The third-order valence-electron chi connectivity index (χ3n) is 2.14. The van der Waals surface area contributed by atoms with Crippen molar-refractivity contribution in [2.45, 2.75) is 19.8 Å². The van der Waals surface area contributed by atoms with E-state index in [9.17, 15) is 0 Å². The van der Waals surface area contributed by atoms with Gasteiger partial charge in [-0.15, -0.1) is 11.3 Å². The molecule has 0 bridgehead atoms. The molecule has 0 aromatic carbocycles. The maximum Gasteiger partial charge on any atom is 0.226 e. The van der Waals surface area contributed by atoms with Gasteiger partial charge in [0, 0.05) is 5.56 Å². The van der Waals surface area contributed by atoms with Gasteiger partial charge in [-0.05, 0) is 18.1 Å². The lowest BCUT2D eigenvalue weighted by Crippen LogP contribution is -1.93. The number of hydrogen-bond donors (Lipinski definition) is 1. The average Bonchev–Trinajstić information content (AvgIpc) is 2.71. The molecule has 0 atom stereocenters. The number of halogens is 1. The third kappa shape index (κ3) is 1.87. The van der Waals surface area contributed by atoms with Crippen molar-refractivity contribution >= 4 is 28.8 Å². The van der Waals surface area contributed by atoms with Crippen LogP contribution in [0.4, 0.5) is 5.88 Å². The molecule has 0 aliphatic heterocycles. The molecule has 0 radical (unpaired) electrons. The highest BCUT2D eigenvalue weighted by molar-refractivity contribution is 7.19. The number of aromatic nitrogens is 1. The van der Waals surface area contributed by atoms with E-state index in [4.69, 9.17) is 21.9 Å². The summed E-state index contributed by atoms with van der Waals surface area (Å²) in [6, 6.07) is 3.77. The summed E-state index contributed by atoms with van der Waals surface area (Å²) in [6.07, 6.45) is 0. The van der Waals surface area contributed by atoms with Gasteiger partial charge in [-0.25, -0.2) is 0 Å². The second kappa shape index (κ2) is 3.87. The molecule has 5 heteroatoms. The fraction of sp³-hybridized carbons (Fsp3) is 0.300. The van der Waals surface area contributed by atoms with E-state index in [1.165, 1.54) is 11.3 Å². The van der Waals surface area contributed by atoms with Crippen LogP contribution >= 0.6 is 22.9 Å². The maximum atomic E-state index is 5.88. The first-order valence-electron chi connectivity index (χ1n) is 4.60. The van der Waals surface area contributed by atoms with Crippen molar-refractivity contribution in [1.29, 1.82) is 0 Å². The minimum Gasteiger partial charge on any atom is -0.367 e. The fourth-order valence-electron chi connectivity index (χ4n) is 1.49. The van der Waals surface area contributed by atoms with Crippen molar-refractivity contribution in [2.75, 3.05) is 5.73 Å². The number of thiophene rings is 1. The molecule has 0 spiro atoms. The summed E-state index contributed by atoms with van der Waals surface area (Å²) in [5, 5.41) is 3.97. The Labute approximate surface area is 96.8 Å². The molecule has 3 nitrogen and oxygen atoms in total. The Kier molecular flexibility index (Phi) is 2.71. The first-order valence-corrected chi connectivity index (χ1v) is 5.79. The van der Waals surface area contributed by atoms with Crippen molar-refractivity contribution in [3.63, 3.8) is 0 Å². The van der Waals surface area contributed by atoms with Crippen LogP contribution in [0, 0.1) is 0 Å². The van der Waals surface area contributed by atoms with Crippen molar-refractivity contribution in [2.24, 2.45) is 0 Å². The lowest BCUT2D eigenvalue weighted by molar-refractivity contribution is 0.438. The predicted octanol–water partition coefficient (Wildman–Crippen LogP) is 3.76. The van der Waals surface area contributed by atoms with Crippen molar-refractivity contribution in [1.82, 2.24) is 5.16 Å². The Morgan fingerprint density at radius 3 is 2.73 bits per heavy atom. The lowest BCUT2D eigenvalue weighted by Gasteiger charge is -2.02. The quantitative estimate of drug-likeness (QED) is 0.872. The van der Waals surface area contributed by atoms with Gasteiger partial charge in [0.15, 0.2) is 0 Å². The molecule has 2 heterocycles. The Morgan fingerprint density at radius 1 is 1.47 bits per heavy atom. The summed E-state index contributed by atoms with van der Waals surface area (Å²) >= 11 is 7.35. The minimum atomic E-state index is 0.284. The molecule has 0 unspecified atom stereocenters. The molecule has 2 aromatic heterocycles. The number of hydrogen-bond acceptors (Lipinski definition) is 4. The highest BCUT2D eigenvalue weighted by atomic mass is 35.5. The van der Waals surface area contributed by atoms with E-state index >= 15 is 0 Å². The van der Waals surface area contributed by atoms with Gasteiger partial charge in [-0.3, -0.25) is 0 Å². The molecule has 0 saturated heterocycles. The SMILES string of the molecule is CC(C)c1c(-c2ccc(Cl)s2)noc1N. The topological polar surface area (TPSA) is 52.0 Å². The van der Waals surface area contributed by atoms with Crippen LogP contribution in [0.5, 0.6) is 0 Å². The maximum absolute atomic E-state index is 5.88. The highest BCUT2D eigenvalue weighted by Gasteiger charge is 2.19. The predicted molar refractivity (Wildman–Crippen MR) is 63.3 cm³/mol. The van der Waals surface area contributed by atoms with Gasteiger partial charge in [0.2, 0.25) is 5.88 Å². The number of nitrogens with two attached hydrogens (primary N) is 1. The number of anilines is 1. The van der Waals surface area contributed by atoms with Gasteiger partial charge in [0.1, 0.15) is 5.69 Å². The van der Waals surface area contributed by atoms with Crippen LogP contribution < -0.4 is 5.73 Å². The minimum absolute atomic E-state index is 0.284. The standard InChI is InChI=1S/C10H11ClN2OS/c1-5(2)8-9(13-14-10(8)12)6-3-4-7(11)15-6/h3-5H,12H2,1-2H3. The van der Waals surface area contributed by atoms with Gasteiger partial charge in [-0.2, -0.15) is 0 Å². The molecule has 2 aromatic rings. The molecule has 0 fully saturated rings. The second-order valence-corrected chi connectivity index (χ2v) is 5.28. The molecular formula is C10H11ClN2OS. The van der Waals surface area contributed by atoms with Gasteiger partial charge in [0.25, 0.3) is 0 Å². The molecule has 15 heavy (non-hydrogen) atoms. The van der Waals surface area contributed by atoms with Gasteiger partial charge in [-0.1, -0.05) is 30.6 Å². The Hall–Kier alpha value is -1.00. The molecule has 2 N–H and O–H groups in total. The van der Waals surface area contributed by atoms with Gasteiger partial charge < -0.3 is 10.3 Å². The average molecular weight is 243 g/mol. The van der Waals surface area contributed by atoms with Crippen LogP contribution in [0.1, 0.15) is 25.3 Å². The van der Waals surface area contributed by atoms with E-state index < -0.39 is 0 Å². The van der Waals surface area contributed by atoms with E-state index in [-0.39, 0.29) is 5.92 Å². The monoisotopic (exact) mass is 242 g/mol. The van der Waals surface area contributed by atoms with Crippen LogP contribution in [0.15, 0.2) is 16.7 Å². The van der Waals surface area contributed by atoms with Crippen LogP contribution in [-0.2, 0) is 0 Å². The smallest absolute Gasteiger partial charge is 0.226 e. The van der Waals surface area contributed by atoms with E-state index in [0.29, 0.717) is 5.88 Å². The molecule has 80 valence electrons. The summed E-state index contributed by atoms with van der Waals surface area (Å²) in [6.45, 7) is 4.11. The Balaban J connectivity index is 2.53. The van der Waals surface area contributed by atoms with Crippen LogP contribution in [0.2, 0.25) is 4.34 Å². The van der Waals surface area contributed by atoms with Crippen molar-refractivity contribution in [3.05, 3.63) is 22.0 Å². The molecular weight excluding hydrogens is 232 g/mol. The first-order chi connectivity index (χ1) is 7.09.